The van der Waals surface area contributed by atoms with Crippen molar-refractivity contribution in [2.75, 3.05) is 13.1 Å². The van der Waals surface area contributed by atoms with Gasteiger partial charge in [0.15, 0.2) is 0 Å². The molecule has 3 atom stereocenters. The van der Waals surface area contributed by atoms with Crippen molar-refractivity contribution in [2.24, 2.45) is 0 Å². The highest BCUT2D eigenvalue weighted by Crippen LogP contribution is 2.34. The number of aliphatic hydroxyl groups is 2. The van der Waals surface area contributed by atoms with Crippen molar-refractivity contribution in [1.82, 2.24) is 4.31 Å². The summed E-state index contributed by atoms with van der Waals surface area (Å²) in [5, 5.41) is 39.1. The molecule has 11 heteroatoms. The largest absolute Gasteiger partial charge is 0.486 e. The van der Waals surface area contributed by atoms with Gasteiger partial charge in [0, 0.05) is 12.6 Å². The molecule has 1 saturated heterocycles. The fourth-order valence-electron chi connectivity index (χ4n) is 3.29. The molecule has 1 heterocycles. The Kier molecular flexibility index (Phi) is 5.98. The minimum Gasteiger partial charge on any atom is -0.486 e. The Morgan fingerprint density at radius 2 is 1.87 bits per heavy atom. The van der Waals surface area contributed by atoms with E-state index in [2.05, 4.69) is 0 Å². The first kappa shape index (κ1) is 22.6. The van der Waals surface area contributed by atoms with Gasteiger partial charge in [-0.2, -0.15) is 14.8 Å². The maximum atomic E-state index is 13.9. The fraction of sp³-hybridized carbons (Fsp3) is 0.300. The Labute approximate surface area is 177 Å². The van der Waals surface area contributed by atoms with Crippen LogP contribution in [0.3, 0.4) is 0 Å². The van der Waals surface area contributed by atoms with Crippen LogP contribution in [0.15, 0.2) is 41.3 Å². The molecular formula is C20H17F2N3O5S. The molecule has 1 aliphatic rings. The van der Waals surface area contributed by atoms with Gasteiger partial charge in [-0.1, -0.05) is 0 Å². The van der Waals surface area contributed by atoms with Gasteiger partial charge in [0.2, 0.25) is 10.0 Å². The van der Waals surface area contributed by atoms with Gasteiger partial charge in [-0.25, -0.2) is 17.2 Å². The first-order chi connectivity index (χ1) is 14.5. The van der Waals surface area contributed by atoms with E-state index in [1.54, 1.807) is 12.1 Å². The van der Waals surface area contributed by atoms with Gasteiger partial charge < -0.3 is 14.9 Å². The molecule has 0 aromatic heterocycles. The number of benzene rings is 2. The smallest absolute Gasteiger partial charge is 0.244 e. The number of aliphatic hydroxyl groups excluding tert-OH is 1. The van der Waals surface area contributed by atoms with Gasteiger partial charge in [0.25, 0.3) is 0 Å². The summed E-state index contributed by atoms with van der Waals surface area (Å²) in [6.07, 6.45) is -2.75. The van der Waals surface area contributed by atoms with Gasteiger partial charge in [-0.05, 0) is 37.3 Å². The second kappa shape index (κ2) is 8.21. The summed E-state index contributed by atoms with van der Waals surface area (Å²) in [4.78, 5) is -0.464. The highest BCUT2D eigenvalue weighted by atomic mass is 32.2. The number of halogens is 2. The van der Waals surface area contributed by atoms with Crippen molar-refractivity contribution >= 4 is 10.0 Å². The summed E-state index contributed by atoms with van der Waals surface area (Å²) in [6, 6.07) is 9.21. The van der Waals surface area contributed by atoms with Crippen molar-refractivity contribution < 1.29 is 32.1 Å². The van der Waals surface area contributed by atoms with E-state index in [4.69, 9.17) is 10.00 Å². The van der Waals surface area contributed by atoms with E-state index in [0.717, 1.165) is 34.6 Å². The van der Waals surface area contributed by atoms with Crippen LogP contribution in [0.5, 0.6) is 5.75 Å². The van der Waals surface area contributed by atoms with Crippen LogP contribution in [0.2, 0.25) is 0 Å². The van der Waals surface area contributed by atoms with Crippen molar-refractivity contribution in [1.29, 1.82) is 10.5 Å². The van der Waals surface area contributed by atoms with Crippen LogP contribution in [-0.4, -0.2) is 53.8 Å². The van der Waals surface area contributed by atoms with Crippen molar-refractivity contribution in [3.63, 3.8) is 0 Å². The van der Waals surface area contributed by atoms with Crippen LogP contribution >= 0.6 is 0 Å². The Morgan fingerprint density at radius 3 is 2.45 bits per heavy atom. The third kappa shape index (κ3) is 4.09. The predicted molar refractivity (Wildman–Crippen MR) is 102 cm³/mol. The van der Waals surface area contributed by atoms with E-state index in [0.29, 0.717) is 0 Å². The normalized spacial score (nSPS) is 22.5. The van der Waals surface area contributed by atoms with E-state index in [1.165, 1.54) is 13.0 Å². The summed E-state index contributed by atoms with van der Waals surface area (Å²) < 4.78 is 59.9. The molecule has 0 spiro atoms. The maximum Gasteiger partial charge on any atom is 0.244 e. The van der Waals surface area contributed by atoms with E-state index < -0.39 is 63.0 Å². The summed E-state index contributed by atoms with van der Waals surface area (Å²) in [5.41, 5.74) is -2.71. The molecule has 0 saturated carbocycles. The summed E-state index contributed by atoms with van der Waals surface area (Å²) in [7, 11) is -4.37. The van der Waals surface area contributed by atoms with E-state index in [-0.39, 0.29) is 11.3 Å². The highest BCUT2D eigenvalue weighted by molar-refractivity contribution is 7.89. The molecule has 162 valence electrons. The van der Waals surface area contributed by atoms with Crippen LogP contribution in [0.1, 0.15) is 18.1 Å². The molecular weight excluding hydrogens is 432 g/mol. The average molecular weight is 449 g/mol. The molecule has 2 aromatic rings. The number of nitrogens with zero attached hydrogens (tertiary/aromatic N) is 3. The maximum absolute atomic E-state index is 13.9. The molecule has 2 N–H and O–H groups in total. The molecule has 0 radical (unpaired) electrons. The zero-order chi connectivity index (χ0) is 23.0. The van der Waals surface area contributed by atoms with E-state index in [1.807, 2.05) is 0 Å². The molecule has 3 rings (SSSR count). The van der Waals surface area contributed by atoms with Crippen molar-refractivity contribution in [3.05, 3.63) is 59.2 Å². The first-order valence-corrected chi connectivity index (χ1v) is 10.4. The summed E-state index contributed by atoms with van der Waals surface area (Å²) >= 11 is 0. The number of sulfonamides is 1. The number of ether oxygens (including phenoxy) is 1. The minimum atomic E-state index is -4.37. The Hall–Kier alpha value is -3.09. The lowest BCUT2D eigenvalue weighted by atomic mass is 9.94. The van der Waals surface area contributed by atoms with Gasteiger partial charge in [-0.3, -0.25) is 0 Å². The van der Waals surface area contributed by atoms with Crippen LogP contribution in [0.25, 0.3) is 0 Å². The molecule has 31 heavy (non-hydrogen) atoms. The Bertz CT molecular complexity index is 1210. The lowest BCUT2D eigenvalue weighted by Crippen LogP contribution is -2.53. The quantitative estimate of drug-likeness (QED) is 0.702. The molecule has 1 fully saturated rings. The lowest BCUT2D eigenvalue weighted by molar-refractivity contribution is -0.104. The number of β-amino-alcohol motifs (C(OH)–C–C–N with tert-alkyl or cyclic N) is 1. The number of nitriles is 2. The predicted octanol–water partition coefficient (Wildman–Crippen LogP) is 1.27. The van der Waals surface area contributed by atoms with Crippen LogP contribution in [-0.2, 0) is 10.0 Å². The van der Waals surface area contributed by atoms with E-state index >= 15 is 0 Å². The van der Waals surface area contributed by atoms with Crippen LogP contribution < -0.4 is 4.74 Å². The average Bonchev–Trinajstić information content (AvgIpc) is 3.06. The van der Waals surface area contributed by atoms with Crippen molar-refractivity contribution in [2.45, 2.75) is 29.6 Å². The van der Waals surface area contributed by atoms with Crippen LogP contribution in [0.4, 0.5) is 8.78 Å². The van der Waals surface area contributed by atoms with Gasteiger partial charge in [-0.15, -0.1) is 0 Å². The van der Waals surface area contributed by atoms with Gasteiger partial charge >= 0.3 is 0 Å². The number of hydrogen-bond donors (Lipinski definition) is 2. The minimum absolute atomic E-state index is 0.0840. The standard InChI is InChI=1S/C20H17F2N3O5S/c1-12(26)20(27)11-25(31(28,29)18-5-3-15(21)6-14(18)9-24)10-19(20)30-16-4-2-13(8-23)17(22)7-16/h2-7,12,19,26-27H,10-11H2,1H3/t12?,19-,20+/m0/s1. The molecule has 1 aliphatic heterocycles. The molecule has 1 unspecified atom stereocenters. The highest BCUT2D eigenvalue weighted by Gasteiger charge is 2.54. The Balaban J connectivity index is 1.96. The number of rotatable bonds is 5. The molecule has 0 aliphatic carbocycles. The topological polar surface area (TPSA) is 135 Å². The number of hydrogen-bond acceptors (Lipinski definition) is 7. The zero-order valence-corrected chi connectivity index (χ0v) is 17.0. The molecule has 2 aromatic carbocycles. The summed E-state index contributed by atoms with van der Waals surface area (Å²) in [5.74, 6) is -1.74. The summed E-state index contributed by atoms with van der Waals surface area (Å²) in [6.45, 7) is 0.219. The third-order valence-electron chi connectivity index (χ3n) is 5.10. The van der Waals surface area contributed by atoms with Crippen molar-refractivity contribution in [3.8, 4) is 17.9 Å². The second-order valence-corrected chi connectivity index (χ2v) is 8.98. The van der Waals surface area contributed by atoms with Gasteiger partial charge in [0.1, 0.15) is 46.1 Å². The zero-order valence-electron chi connectivity index (χ0n) is 16.2. The SMILES string of the molecule is CC(O)[C@]1(O)CN(S(=O)(=O)c2ccc(F)cc2C#N)C[C@@H]1Oc1ccc(C#N)c(F)c1. The first-order valence-electron chi connectivity index (χ1n) is 8.99. The molecule has 0 bridgehead atoms. The van der Waals surface area contributed by atoms with E-state index in [9.17, 15) is 32.7 Å². The third-order valence-corrected chi connectivity index (χ3v) is 6.97. The second-order valence-electron chi connectivity index (χ2n) is 7.08. The lowest BCUT2D eigenvalue weighted by Gasteiger charge is -2.31. The molecule has 8 nitrogen and oxygen atoms in total. The monoisotopic (exact) mass is 449 g/mol. The van der Waals surface area contributed by atoms with Gasteiger partial charge in [0.05, 0.1) is 23.8 Å². The molecule has 0 amide bonds. The Morgan fingerprint density at radius 1 is 1.19 bits per heavy atom. The fourth-order valence-corrected chi connectivity index (χ4v) is 4.90. The van der Waals surface area contributed by atoms with Crippen LogP contribution in [0, 0.1) is 34.3 Å².